The van der Waals surface area contributed by atoms with Crippen molar-refractivity contribution in [3.05, 3.63) is 73.1 Å². The number of fused-ring (bicyclic) bond motifs is 2. The number of halogens is 1. The van der Waals surface area contributed by atoms with E-state index in [1.54, 1.807) is 24.8 Å². The summed E-state index contributed by atoms with van der Waals surface area (Å²) in [4.78, 5) is 32.3. The monoisotopic (exact) mass is 658 g/mol. The molecule has 49 heavy (non-hydrogen) atoms. The fourth-order valence-corrected chi connectivity index (χ4v) is 7.29. The van der Waals surface area contributed by atoms with Crippen LogP contribution in [0.15, 0.2) is 67.3 Å². The van der Waals surface area contributed by atoms with Crippen molar-refractivity contribution in [1.82, 2.24) is 35.0 Å². The Labute approximate surface area is 283 Å². The van der Waals surface area contributed by atoms with Gasteiger partial charge in [-0.1, -0.05) is 19.3 Å². The molecule has 2 aliphatic rings. The molecule has 5 aromatic heterocycles. The number of hydrogen-bond donors (Lipinski definition) is 3. The molecule has 2 fully saturated rings. The molecule has 11 heteroatoms. The average Bonchev–Trinajstić information content (AvgIpc) is 3.88. The first-order chi connectivity index (χ1) is 24.1. The Bertz CT molecular complexity index is 2110. The lowest BCUT2D eigenvalue weighted by molar-refractivity contribution is -0.117. The summed E-state index contributed by atoms with van der Waals surface area (Å²) in [5, 5.41) is 12.5. The first-order valence-electron chi connectivity index (χ1n) is 17.3. The number of ether oxygens (including phenoxy) is 1. The van der Waals surface area contributed by atoms with Crippen LogP contribution in [0.3, 0.4) is 0 Å². The van der Waals surface area contributed by atoms with Gasteiger partial charge in [0.2, 0.25) is 5.91 Å². The number of amides is 1. The van der Waals surface area contributed by atoms with Gasteiger partial charge in [-0.3, -0.25) is 29.7 Å². The quantitative estimate of drug-likeness (QED) is 0.137. The van der Waals surface area contributed by atoms with Crippen LogP contribution in [0.1, 0.15) is 51.4 Å². The second-order valence-electron chi connectivity index (χ2n) is 13.3. The van der Waals surface area contributed by atoms with Crippen molar-refractivity contribution in [1.29, 1.82) is 0 Å². The highest BCUT2D eigenvalue weighted by Gasteiger charge is 2.19. The van der Waals surface area contributed by atoms with Crippen LogP contribution in [0, 0.1) is 11.7 Å². The van der Waals surface area contributed by atoms with Crippen LogP contribution < -0.4 is 10.1 Å². The highest BCUT2D eigenvalue weighted by atomic mass is 19.1. The number of H-pyrrole nitrogens is 2. The van der Waals surface area contributed by atoms with Crippen molar-refractivity contribution in [3.63, 3.8) is 0 Å². The van der Waals surface area contributed by atoms with E-state index < -0.39 is 0 Å². The fourth-order valence-electron chi connectivity index (χ4n) is 7.29. The molecule has 3 N–H and O–H groups in total. The molecular formula is C38H39FN8O2. The minimum Gasteiger partial charge on any atom is -0.492 e. The highest BCUT2D eigenvalue weighted by Crippen LogP contribution is 2.35. The van der Waals surface area contributed by atoms with Gasteiger partial charge in [-0.15, -0.1) is 0 Å². The zero-order chi connectivity index (χ0) is 33.2. The molecule has 1 saturated carbocycles. The van der Waals surface area contributed by atoms with Gasteiger partial charge in [-0.2, -0.15) is 5.10 Å². The molecule has 0 radical (unpaired) electrons. The van der Waals surface area contributed by atoms with E-state index in [0.29, 0.717) is 47.3 Å². The fraction of sp³-hybridized carbons (Fsp3) is 0.342. The molecule has 1 aliphatic carbocycles. The SMILES string of the molecule is O=C(CC1CCCCC1)Nc1cncc(-c2cc3c(-c4cc5c(-c6cc(F)cc(OCCN7CCCC7)c6)nccc5[nH]4)n[nH]c3cn2)c1. The van der Waals surface area contributed by atoms with E-state index in [4.69, 9.17) is 4.74 Å². The highest BCUT2D eigenvalue weighted by molar-refractivity contribution is 6.00. The van der Waals surface area contributed by atoms with Gasteiger partial charge in [0, 0.05) is 58.8 Å². The van der Waals surface area contributed by atoms with Gasteiger partial charge in [0.1, 0.15) is 23.9 Å². The lowest BCUT2D eigenvalue weighted by Crippen LogP contribution is -2.25. The third-order valence-electron chi connectivity index (χ3n) is 9.79. The van der Waals surface area contributed by atoms with Gasteiger partial charge in [0.15, 0.2) is 0 Å². The van der Waals surface area contributed by atoms with Gasteiger partial charge in [-0.25, -0.2) is 4.39 Å². The molecule has 1 aromatic carbocycles. The average molecular weight is 659 g/mol. The zero-order valence-corrected chi connectivity index (χ0v) is 27.3. The van der Waals surface area contributed by atoms with Gasteiger partial charge in [0.25, 0.3) is 0 Å². The van der Waals surface area contributed by atoms with E-state index in [9.17, 15) is 9.18 Å². The maximum absolute atomic E-state index is 14.8. The molecular weight excluding hydrogens is 619 g/mol. The van der Waals surface area contributed by atoms with E-state index >= 15 is 0 Å². The van der Waals surface area contributed by atoms with Crippen LogP contribution in [-0.4, -0.2) is 67.2 Å². The van der Waals surface area contributed by atoms with Crippen LogP contribution in [0.5, 0.6) is 5.75 Å². The maximum atomic E-state index is 14.8. The molecule has 0 atom stereocenters. The minimum atomic E-state index is -0.371. The summed E-state index contributed by atoms with van der Waals surface area (Å²) in [6.45, 7) is 3.52. The number of nitrogens with one attached hydrogen (secondary N) is 3. The number of nitrogens with zero attached hydrogens (tertiary/aromatic N) is 5. The number of carbonyl (C=O) groups is 1. The second-order valence-corrected chi connectivity index (χ2v) is 13.3. The van der Waals surface area contributed by atoms with Gasteiger partial charge >= 0.3 is 0 Å². The van der Waals surface area contributed by atoms with Crippen LogP contribution in [0.2, 0.25) is 0 Å². The number of pyridine rings is 3. The second kappa shape index (κ2) is 13.8. The Morgan fingerprint density at radius 3 is 2.63 bits per heavy atom. The summed E-state index contributed by atoms with van der Waals surface area (Å²) in [5.74, 6) is 0.603. The van der Waals surface area contributed by atoms with E-state index in [2.05, 4.69) is 40.3 Å². The Morgan fingerprint density at radius 2 is 1.76 bits per heavy atom. The number of rotatable bonds is 10. The largest absolute Gasteiger partial charge is 0.492 e. The van der Waals surface area contributed by atoms with Crippen molar-refractivity contribution in [2.75, 3.05) is 31.6 Å². The molecule has 10 nitrogen and oxygen atoms in total. The van der Waals surface area contributed by atoms with Crippen molar-refractivity contribution in [2.24, 2.45) is 5.92 Å². The Morgan fingerprint density at radius 1 is 0.898 bits per heavy atom. The molecule has 6 aromatic rings. The van der Waals surface area contributed by atoms with Crippen molar-refractivity contribution in [3.8, 4) is 39.7 Å². The minimum absolute atomic E-state index is 0.0264. The first kappa shape index (κ1) is 31.1. The number of benzene rings is 1. The number of carbonyl (C=O) groups excluding carboxylic acids is 1. The third-order valence-corrected chi connectivity index (χ3v) is 9.79. The smallest absolute Gasteiger partial charge is 0.224 e. The molecule has 1 aliphatic heterocycles. The zero-order valence-electron chi connectivity index (χ0n) is 27.3. The summed E-state index contributed by atoms with van der Waals surface area (Å²) in [6.07, 6.45) is 15.8. The molecule has 0 unspecified atom stereocenters. The molecule has 6 heterocycles. The molecule has 250 valence electrons. The van der Waals surface area contributed by atoms with Gasteiger partial charge in [0.05, 0.1) is 40.7 Å². The number of anilines is 1. The molecule has 1 amide bonds. The standard InChI is InChI=1S/C38H39FN8O2/c39-27-15-25(17-29(18-27)49-13-12-47-10-4-5-11-47)37-30-20-34(44-32(30)8-9-41-37)38-31-19-33(42-23-35(31)45-46-38)26-16-28(22-40-21-26)43-36(48)14-24-6-2-1-3-7-24/h8-9,15-24,44H,1-7,10-14H2,(H,43,48)(H,45,46). The third kappa shape index (κ3) is 6.89. The summed E-state index contributed by atoms with van der Waals surface area (Å²) in [6, 6.07) is 12.5. The topological polar surface area (TPSA) is 125 Å². The summed E-state index contributed by atoms with van der Waals surface area (Å²) in [7, 11) is 0. The summed E-state index contributed by atoms with van der Waals surface area (Å²) < 4.78 is 20.8. The number of aromatic nitrogens is 6. The van der Waals surface area contributed by atoms with Crippen LogP contribution in [0.25, 0.3) is 55.7 Å². The van der Waals surface area contributed by atoms with Gasteiger partial charge < -0.3 is 15.0 Å². The van der Waals surface area contributed by atoms with E-state index in [1.165, 1.54) is 44.2 Å². The Hall–Kier alpha value is -5.16. The van der Waals surface area contributed by atoms with Crippen molar-refractivity contribution in [2.45, 2.75) is 51.4 Å². The van der Waals surface area contributed by atoms with Crippen molar-refractivity contribution < 1.29 is 13.9 Å². The van der Waals surface area contributed by atoms with Crippen LogP contribution in [0.4, 0.5) is 10.1 Å². The van der Waals surface area contributed by atoms with Gasteiger partial charge in [-0.05, 0) is 81.1 Å². The number of hydrogen-bond acceptors (Lipinski definition) is 7. The molecule has 0 spiro atoms. The first-order valence-corrected chi connectivity index (χ1v) is 17.3. The van der Waals surface area contributed by atoms with Crippen molar-refractivity contribution >= 4 is 33.4 Å². The molecule has 0 bridgehead atoms. The summed E-state index contributed by atoms with van der Waals surface area (Å²) >= 11 is 0. The number of aromatic amines is 2. The normalized spacial score (nSPS) is 15.7. The Kier molecular flexibility index (Phi) is 8.74. The van der Waals surface area contributed by atoms with E-state index in [-0.39, 0.29) is 11.7 Å². The van der Waals surface area contributed by atoms with Crippen LogP contribution >= 0.6 is 0 Å². The van der Waals surface area contributed by atoms with E-state index in [1.807, 2.05) is 30.3 Å². The number of likely N-dealkylation sites (tertiary alicyclic amines) is 1. The van der Waals surface area contributed by atoms with Crippen LogP contribution in [-0.2, 0) is 4.79 Å². The van der Waals surface area contributed by atoms with E-state index in [0.717, 1.165) is 71.2 Å². The molecule has 8 rings (SSSR count). The molecule has 1 saturated heterocycles. The maximum Gasteiger partial charge on any atom is 0.224 e. The lowest BCUT2D eigenvalue weighted by atomic mass is 9.87. The predicted molar refractivity (Wildman–Crippen MR) is 189 cm³/mol. The summed E-state index contributed by atoms with van der Waals surface area (Å²) in [5.41, 5.74) is 6.58. The predicted octanol–water partition coefficient (Wildman–Crippen LogP) is 7.75. The lowest BCUT2D eigenvalue weighted by Gasteiger charge is -2.20. The Balaban J connectivity index is 1.05.